The Morgan fingerprint density at radius 1 is 0.829 bits per heavy atom. The first kappa shape index (κ1) is 24.0. The molecule has 0 saturated carbocycles. The van der Waals surface area contributed by atoms with Crippen LogP contribution in [0.15, 0.2) is 59.8 Å². The zero-order valence-electron chi connectivity index (χ0n) is 19.9. The summed E-state index contributed by atoms with van der Waals surface area (Å²) in [4.78, 5) is 20.0. The van der Waals surface area contributed by atoms with Crippen LogP contribution >= 0.6 is 11.8 Å². The minimum atomic E-state index is -0.295. The van der Waals surface area contributed by atoms with Crippen molar-refractivity contribution in [1.29, 1.82) is 0 Å². The third-order valence-corrected chi connectivity index (χ3v) is 7.64. The monoisotopic (exact) mass is 494 g/mol. The lowest BCUT2D eigenvalue weighted by atomic mass is 10.2. The first-order valence-electron chi connectivity index (χ1n) is 12.3. The van der Waals surface area contributed by atoms with Gasteiger partial charge in [0.05, 0.1) is 5.75 Å². The first-order chi connectivity index (χ1) is 17.2. The predicted octanol–water partition coefficient (Wildman–Crippen LogP) is 3.41. The van der Waals surface area contributed by atoms with Gasteiger partial charge in [-0.05, 0) is 62.3 Å². The molecule has 2 aliphatic rings. The van der Waals surface area contributed by atoms with Crippen LogP contribution in [-0.4, -0.2) is 93.5 Å². The summed E-state index contributed by atoms with van der Waals surface area (Å²) in [5, 5.41) is 9.41. The summed E-state index contributed by atoms with van der Waals surface area (Å²) in [5.74, 6) is 0.760. The van der Waals surface area contributed by atoms with Crippen LogP contribution in [0.5, 0.6) is 0 Å². The van der Waals surface area contributed by atoms with Gasteiger partial charge in [-0.1, -0.05) is 30.0 Å². The van der Waals surface area contributed by atoms with E-state index in [4.69, 9.17) is 0 Å². The Bertz CT molecular complexity index is 1110. The van der Waals surface area contributed by atoms with Crippen LogP contribution in [0.1, 0.15) is 12.8 Å². The fourth-order valence-corrected chi connectivity index (χ4v) is 5.54. The number of thioether (sulfide) groups is 1. The molecule has 9 heteroatoms. The summed E-state index contributed by atoms with van der Waals surface area (Å²) in [6.45, 7) is 8.08. The normalized spacial score (nSPS) is 17.2. The topological polar surface area (TPSA) is 57.5 Å². The molecule has 0 radical (unpaired) electrons. The van der Waals surface area contributed by atoms with Gasteiger partial charge in [0.2, 0.25) is 5.91 Å². The molecule has 2 fully saturated rings. The van der Waals surface area contributed by atoms with Crippen molar-refractivity contribution in [2.24, 2.45) is 0 Å². The van der Waals surface area contributed by atoms with E-state index in [2.05, 4.69) is 20.0 Å². The number of hydrogen-bond acceptors (Lipinski definition) is 6. The molecule has 35 heavy (non-hydrogen) atoms. The van der Waals surface area contributed by atoms with Gasteiger partial charge in [0.1, 0.15) is 5.82 Å². The molecule has 184 valence electrons. The van der Waals surface area contributed by atoms with Crippen molar-refractivity contribution >= 4 is 17.7 Å². The Morgan fingerprint density at radius 3 is 2.17 bits per heavy atom. The van der Waals surface area contributed by atoms with E-state index in [0.717, 1.165) is 50.5 Å². The highest BCUT2D eigenvalue weighted by Crippen LogP contribution is 2.28. The number of amides is 1. The average Bonchev–Trinajstić information content (AvgIpc) is 3.57. The van der Waals surface area contributed by atoms with Crippen molar-refractivity contribution in [1.82, 2.24) is 29.5 Å². The number of carbonyl (C=O) groups excluding carboxylic acids is 1. The minimum absolute atomic E-state index is 0.125. The molecule has 3 heterocycles. The smallest absolute Gasteiger partial charge is 0.233 e. The van der Waals surface area contributed by atoms with E-state index in [0.29, 0.717) is 16.7 Å². The maximum Gasteiger partial charge on any atom is 0.233 e. The lowest BCUT2D eigenvalue weighted by molar-refractivity contribution is -0.130. The van der Waals surface area contributed by atoms with E-state index in [1.807, 2.05) is 39.8 Å². The van der Waals surface area contributed by atoms with Gasteiger partial charge in [0, 0.05) is 50.5 Å². The van der Waals surface area contributed by atoms with Crippen LogP contribution < -0.4 is 0 Å². The number of halogens is 1. The van der Waals surface area contributed by atoms with Gasteiger partial charge < -0.3 is 9.80 Å². The zero-order valence-corrected chi connectivity index (χ0v) is 20.7. The van der Waals surface area contributed by atoms with Crippen LogP contribution in [-0.2, 0) is 4.79 Å². The number of hydrogen-bond donors (Lipinski definition) is 0. The van der Waals surface area contributed by atoms with Crippen LogP contribution in [0.3, 0.4) is 0 Å². The zero-order chi connectivity index (χ0) is 24.0. The second-order valence-corrected chi connectivity index (χ2v) is 9.99. The number of benzene rings is 2. The van der Waals surface area contributed by atoms with E-state index in [9.17, 15) is 9.18 Å². The number of piperazine rings is 1. The molecule has 2 saturated heterocycles. The largest absolute Gasteiger partial charge is 0.339 e. The van der Waals surface area contributed by atoms with Gasteiger partial charge in [0.15, 0.2) is 11.0 Å². The summed E-state index contributed by atoms with van der Waals surface area (Å²) in [6.07, 6.45) is 2.65. The molecule has 0 bridgehead atoms. The van der Waals surface area contributed by atoms with E-state index in [1.54, 1.807) is 12.1 Å². The molecule has 0 atom stereocenters. The van der Waals surface area contributed by atoms with E-state index in [-0.39, 0.29) is 11.7 Å². The summed E-state index contributed by atoms with van der Waals surface area (Å²) < 4.78 is 15.4. The Morgan fingerprint density at radius 2 is 1.49 bits per heavy atom. The van der Waals surface area contributed by atoms with Crippen LogP contribution in [0, 0.1) is 5.82 Å². The summed E-state index contributed by atoms with van der Waals surface area (Å²) in [7, 11) is 0. The van der Waals surface area contributed by atoms with Crippen molar-refractivity contribution < 1.29 is 9.18 Å². The molecule has 0 aliphatic carbocycles. The Balaban J connectivity index is 1.21. The highest BCUT2D eigenvalue weighted by molar-refractivity contribution is 7.99. The third-order valence-electron chi connectivity index (χ3n) is 6.73. The molecule has 0 N–H and O–H groups in total. The number of carbonyl (C=O) groups is 1. The maximum absolute atomic E-state index is 13.5. The lowest BCUT2D eigenvalue weighted by Gasteiger charge is -2.35. The summed E-state index contributed by atoms with van der Waals surface area (Å²) in [5.41, 5.74) is 1.67. The van der Waals surface area contributed by atoms with Crippen molar-refractivity contribution in [3.8, 4) is 17.1 Å². The van der Waals surface area contributed by atoms with Crippen molar-refractivity contribution in [2.75, 3.05) is 58.1 Å². The molecular formula is C26H31FN6OS. The molecule has 1 aromatic heterocycles. The summed E-state index contributed by atoms with van der Waals surface area (Å²) in [6, 6.07) is 16.0. The van der Waals surface area contributed by atoms with Crippen molar-refractivity contribution in [2.45, 2.75) is 18.0 Å². The maximum atomic E-state index is 13.5. The lowest BCUT2D eigenvalue weighted by Crippen LogP contribution is -2.50. The predicted molar refractivity (Wildman–Crippen MR) is 136 cm³/mol. The fourth-order valence-electron chi connectivity index (χ4n) is 4.69. The third kappa shape index (κ3) is 5.91. The molecule has 1 amide bonds. The van der Waals surface area contributed by atoms with Gasteiger partial charge in [-0.15, -0.1) is 10.2 Å². The fraction of sp³-hybridized carbons (Fsp3) is 0.423. The Hall–Kier alpha value is -2.75. The van der Waals surface area contributed by atoms with Gasteiger partial charge in [-0.3, -0.25) is 14.3 Å². The standard InChI is InChI=1S/C26H31FN6OS/c27-22-10-8-21(9-11-22)25-28-29-26(33(25)23-6-2-1-3-7-23)35-20-24(34)32-18-16-31(17-19-32)15-14-30-12-4-5-13-30/h1-3,6-11H,4-5,12-20H2. The quantitative estimate of drug-likeness (QED) is 0.448. The second kappa shape index (κ2) is 11.3. The van der Waals surface area contributed by atoms with E-state index >= 15 is 0 Å². The number of likely N-dealkylation sites (tertiary alicyclic amines) is 1. The van der Waals surface area contributed by atoms with Crippen LogP contribution in [0.2, 0.25) is 0 Å². The van der Waals surface area contributed by atoms with Crippen LogP contribution in [0.25, 0.3) is 17.1 Å². The molecule has 5 rings (SSSR count). The van der Waals surface area contributed by atoms with E-state index < -0.39 is 0 Å². The number of nitrogens with zero attached hydrogens (tertiary/aromatic N) is 6. The Labute approximate surface area is 209 Å². The molecule has 7 nitrogen and oxygen atoms in total. The number of para-hydroxylation sites is 1. The summed E-state index contributed by atoms with van der Waals surface area (Å²) >= 11 is 1.39. The van der Waals surface area contributed by atoms with Crippen molar-refractivity contribution in [3.05, 3.63) is 60.4 Å². The molecular weight excluding hydrogens is 463 g/mol. The minimum Gasteiger partial charge on any atom is -0.339 e. The van der Waals surface area contributed by atoms with Gasteiger partial charge in [-0.2, -0.15) is 0 Å². The molecule has 3 aromatic rings. The molecule has 0 spiro atoms. The molecule has 2 aliphatic heterocycles. The molecule has 2 aromatic carbocycles. The molecule has 0 unspecified atom stereocenters. The number of rotatable bonds is 8. The van der Waals surface area contributed by atoms with Crippen molar-refractivity contribution in [3.63, 3.8) is 0 Å². The van der Waals surface area contributed by atoms with Gasteiger partial charge in [-0.25, -0.2) is 4.39 Å². The second-order valence-electron chi connectivity index (χ2n) is 9.04. The van der Waals surface area contributed by atoms with Crippen LogP contribution in [0.4, 0.5) is 4.39 Å². The SMILES string of the molecule is O=C(CSc1nnc(-c2ccc(F)cc2)n1-c1ccccc1)N1CCN(CCN2CCCC2)CC1. The van der Waals surface area contributed by atoms with Gasteiger partial charge in [0.25, 0.3) is 0 Å². The highest BCUT2D eigenvalue weighted by Gasteiger charge is 2.23. The average molecular weight is 495 g/mol. The Kier molecular flexibility index (Phi) is 7.75. The number of aromatic nitrogens is 3. The van der Waals surface area contributed by atoms with E-state index in [1.165, 1.54) is 49.8 Å². The highest BCUT2D eigenvalue weighted by atomic mass is 32.2. The first-order valence-corrected chi connectivity index (χ1v) is 13.3. The van der Waals surface area contributed by atoms with Gasteiger partial charge >= 0.3 is 0 Å².